The number of hydrogen-bond donors (Lipinski definition) is 5. The highest BCUT2D eigenvalue weighted by molar-refractivity contribution is 8.00. The first-order valence-corrected chi connectivity index (χ1v) is 14.7. The van der Waals surface area contributed by atoms with Crippen molar-refractivity contribution in [2.45, 2.75) is 35.3 Å². The predicted octanol–water partition coefficient (Wildman–Crippen LogP) is 2.40. The summed E-state index contributed by atoms with van der Waals surface area (Å²) in [7, 11) is 0. The number of aliphatic carboxylic acids is 1. The van der Waals surface area contributed by atoms with E-state index in [-0.39, 0.29) is 11.7 Å². The summed E-state index contributed by atoms with van der Waals surface area (Å²) in [5, 5.41) is 26.9. The van der Waals surface area contributed by atoms with Gasteiger partial charge >= 0.3 is 5.97 Å². The lowest BCUT2D eigenvalue weighted by Gasteiger charge is -2.50. The van der Waals surface area contributed by atoms with Gasteiger partial charge in [-0.15, -0.1) is 11.8 Å². The van der Waals surface area contributed by atoms with Gasteiger partial charge in [0.25, 0.3) is 5.91 Å². The Morgan fingerprint density at radius 3 is 2.05 bits per heavy atom. The van der Waals surface area contributed by atoms with Crippen LogP contribution in [-0.2, 0) is 24.7 Å². The maximum atomic E-state index is 13.8. The molecule has 0 bridgehead atoms. The predicted molar refractivity (Wildman–Crippen MR) is 156 cm³/mol. The van der Waals surface area contributed by atoms with E-state index in [4.69, 9.17) is 9.84 Å². The highest BCUT2D eigenvalue weighted by Crippen LogP contribution is 2.46. The van der Waals surface area contributed by atoms with E-state index >= 15 is 0 Å². The maximum absolute atomic E-state index is 13.8. The minimum atomic E-state index is -1.24. The number of aliphatic hydroxyl groups excluding tert-OH is 1. The first-order valence-electron chi connectivity index (χ1n) is 13.7. The first kappa shape index (κ1) is 31.0. The van der Waals surface area contributed by atoms with E-state index in [0.717, 1.165) is 0 Å². The number of carbonyl (C=O) groups excluding carboxylic acids is 3. The van der Waals surface area contributed by atoms with Crippen LogP contribution in [0.3, 0.4) is 0 Å². The third-order valence-corrected chi connectivity index (χ3v) is 9.00. The first-order chi connectivity index (χ1) is 21.0. The van der Waals surface area contributed by atoms with Crippen molar-refractivity contribution in [3.05, 3.63) is 101 Å². The molecule has 44 heavy (non-hydrogen) atoms. The second-order valence-electron chi connectivity index (χ2n) is 10.6. The summed E-state index contributed by atoms with van der Waals surface area (Å²) >= 11 is 1.22. The average molecular weight is 626 g/mol. The Labute approximate surface area is 255 Å². The van der Waals surface area contributed by atoms with Crippen molar-refractivity contribution in [2.24, 2.45) is 0 Å². The number of β-lactam (4-membered cyclic amide) rings is 1. The van der Waals surface area contributed by atoms with Gasteiger partial charge in [0.1, 0.15) is 33.7 Å². The molecule has 0 aromatic heterocycles. The van der Waals surface area contributed by atoms with Gasteiger partial charge in [-0.2, -0.15) is 0 Å². The van der Waals surface area contributed by atoms with Crippen LogP contribution in [0.25, 0.3) is 0 Å². The van der Waals surface area contributed by atoms with E-state index in [2.05, 4.69) is 16.0 Å². The van der Waals surface area contributed by atoms with Crippen LogP contribution >= 0.6 is 11.8 Å². The molecule has 1 unspecified atom stereocenters. The summed E-state index contributed by atoms with van der Waals surface area (Å²) in [5.74, 6) is -3.00. The van der Waals surface area contributed by atoms with Gasteiger partial charge in [0, 0.05) is 5.75 Å². The molecule has 1 saturated heterocycles. The van der Waals surface area contributed by atoms with Crippen LogP contribution in [0.4, 0.5) is 8.78 Å². The van der Waals surface area contributed by atoms with Crippen molar-refractivity contribution >= 4 is 35.5 Å². The number of hydrogen-bond acceptors (Lipinski definition) is 7. The fourth-order valence-corrected chi connectivity index (χ4v) is 6.32. The Morgan fingerprint density at radius 1 is 0.932 bits per heavy atom. The molecule has 1 aliphatic heterocycles. The quantitative estimate of drug-likeness (QED) is 0.182. The minimum absolute atomic E-state index is 0.137. The van der Waals surface area contributed by atoms with Gasteiger partial charge in [0.15, 0.2) is 6.61 Å². The molecule has 230 valence electrons. The number of halogens is 2. The summed E-state index contributed by atoms with van der Waals surface area (Å²) in [5.41, 5.74) is -0.529. The van der Waals surface area contributed by atoms with Crippen LogP contribution in [0.2, 0.25) is 0 Å². The second-order valence-corrected chi connectivity index (χ2v) is 11.7. The number of rotatable bonds is 13. The van der Waals surface area contributed by atoms with E-state index in [1.54, 1.807) is 36.4 Å². The van der Waals surface area contributed by atoms with Crippen LogP contribution in [0, 0.1) is 11.6 Å². The summed E-state index contributed by atoms with van der Waals surface area (Å²) in [6.45, 7) is -0.804. The van der Waals surface area contributed by atoms with Gasteiger partial charge in [0.2, 0.25) is 11.8 Å². The van der Waals surface area contributed by atoms with Gasteiger partial charge in [-0.1, -0.05) is 36.4 Å². The SMILES string of the molecule is O=C(COc1ccc([C@]2(c3ccc(F)cc3)NC(=O)[C@@H]2SCC(O)c2ccc(F)cc2)cc1)NCC(=O)NC1(C(=O)O)CC1. The molecule has 0 radical (unpaired) electrons. The van der Waals surface area contributed by atoms with E-state index in [1.165, 1.54) is 48.2 Å². The topological polar surface area (TPSA) is 154 Å². The normalized spacial score (nSPS) is 20.4. The number of benzene rings is 3. The standard InChI is InChI=1S/C31H29F2N3O7S/c32-21-7-1-18(2-8-21)24(37)17-44-27-28(40)36-31(27,19-3-9-22(33)10-4-19)20-5-11-23(12-6-20)43-16-26(39)34-15-25(38)35-30(13-14-30)29(41)42/h1-12,24,27,37H,13-17H2,(H,34,39)(H,35,38)(H,36,40)(H,41,42)/t24?,27-,31-/m0/s1. The fraction of sp³-hybridized carbons (Fsp3) is 0.290. The number of carboxylic acids is 1. The molecule has 3 aromatic carbocycles. The third kappa shape index (κ3) is 6.53. The zero-order valence-corrected chi connectivity index (χ0v) is 24.0. The van der Waals surface area contributed by atoms with Crippen molar-refractivity contribution < 1.29 is 42.9 Å². The lowest BCUT2D eigenvalue weighted by Crippen LogP contribution is -2.69. The molecular formula is C31H29F2N3O7S. The molecule has 13 heteroatoms. The molecule has 2 aliphatic rings. The molecule has 1 aliphatic carbocycles. The fourth-order valence-electron chi connectivity index (χ4n) is 4.96. The largest absolute Gasteiger partial charge is 0.484 e. The Bertz CT molecular complexity index is 1550. The van der Waals surface area contributed by atoms with Gasteiger partial charge in [-0.3, -0.25) is 14.4 Å². The van der Waals surface area contributed by atoms with Gasteiger partial charge in [-0.25, -0.2) is 13.6 Å². The number of nitrogens with one attached hydrogen (secondary N) is 3. The average Bonchev–Trinajstić information content (AvgIpc) is 3.79. The number of aliphatic hydroxyl groups is 1. The van der Waals surface area contributed by atoms with Crippen molar-refractivity contribution in [3.63, 3.8) is 0 Å². The smallest absolute Gasteiger partial charge is 0.329 e. The lowest BCUT2D eigenvalue weighted by atomic mass is 9.74. The Morgan fingerprint density at radius 2 is 1.50 bits per heavy atom. The van der Waals surface area contributed by atoms with E-state index in [0.29, 0.717) is 35.3 Å². The van der Waals surface area contributed by atoms with Crippen molar-refractivity contribution in [1.82, 2.24) is 16.0 Å². The Hall–Kier alpha value is -4.49. The van der Waals surface area contributed by atoms with Crippen molar-refractivity contribution in [2.75, 3.05) is 18.9 Å². The Kier molecular flexibility index (Phi) is 8.88. The van der Waals surface area contributed by atoms with Crippen LogP contribution in [0.5, 0.6) is 5.75 Å². The highest BCUT2D eigenvalue weighted by Gasteiger charge is 2.56. The molecule has 5 rings (SSSR count). The third-order valence-electron chi connectivity index (χ3n) is 7.59. The van der Waals surface area contributed by atoms with Crippen molar-refractivity contribution in [1.29, 1.82) is 0 Å². The molecule has 2 fully saturated rings. The lowest BCUT2D eigenvalue weighted by molar-refractivity contribution is -0.143. The summed E-state index contributed by atoms with van der Waals surface area (Å²) in [6.07, 6.45) is -0.283. The number of ether oxygens (including phenoxy) is 1. The molecule has 1 saturated carbocycles. The molecule has 3 aromatic rings. The summed E-state index contributed by atoms with van der Waals surface area (Å²) < 4.78 is 32.7. The minimum Gasteiger partial charge on any atom is -0.484 e. The number of carbonyl (C=O) groups is 4. The second kappa shape index (κ2) is 12.6. The van der Waals surface area contributed by atoms with Crippen LogP contribution in [0.1, 0.15) is 35.6 Å². The van der Waals surface area contributed by atoms with Crippen LogP contribution < -0.4 is 20.7 Å². The summed E-state index contributed by atoms with van der Waals surface area (Å²) in [4.78, 5) is 48.2. The molecule has 3 amide bonds. The van der Waals surface area contributed by atoms with E-state index < -0.39 is 65.0 Å². The molecule has 3 atom stereocenters. The number of carboxylic acid groups (broad SMARTS) is 1. The molecule has 0 spiro atoms. The molecule has 1 heterocycles. The van der Waals surface area contributed by atoms with Crippen LogP contribution in [0.15, 0.2) is 72.8 Å². The van der Waals surface area contributed by atoms with Gasteiger partial charge in [0.05, 0.1) is 12.6 Å². The van der Waals surface area contributed by atoms with E-state index in [1.807, 2.05) is 0 Å². The zero-order chi connectivity index (χ0) is 31.5. The van der Waals surface area contributed by atoms with Crippen LogP contribution in [-0.4, -0.2) is 63.6 Å². The highest BCUT2D eigenvalue weighted by atomic mass is 32.2. The Balaban J connectivity index is 1.24. The maximum Gasteiger partial charge on any atom is 0.329 e. The van der Waals surface area contributed by atoms with Gasteiger partial charge in [-0.05, 0) is 65.9 Å². The van der Waals surface area contributed by atoms with Gasteiger partial charge < -0.3 is 30.9 Å². The molecule has 5 N–H and O–H groups in total. The molecular weight excluding hydrogens is 596 g/mol. The molecule has 10 nitrogen and oxygen atoms in total. The van der Waals surface area contributed by atoms with E-state index in [9.17, 15) is 33.1 Å². The monoisotopic (exact) mass is 625 g/mol. The van der Waals surface area contributed by atoms with Crippen molar-refractivity contribution in [3.8, 4) is 5.75 Å². The summed E-state index contributed by atoms with van der Waals surface area (Å²) in [6, 6.07) is 17.8. The number of thioether (sulfide) groups is 1. The number of amides is 3. The zero-order valence-electron chi connectivity index (χ0n) is 23.2.